The van der Waals surface area contributed by atoms with Gasteiger partial charge in [0.05, 0.1) is 5.92 Å². The molecular weight excluding hydrogens is 270 g/mol. The van der Waals surface area contributed by atoms with Crippen LogP contribution in [0.4, 0.5) is 0 Å². The van der Waals surface area contributed by atoms with E-state index in [2.05, 4.69) is 5.32 Å². The first-order valence-corrected chi connectivity index (χ1v) is 6.26. The van der Waals surface area contributed by atoms with Gasteiger partial charge in [-0.05, 0) is 30.2 Å². The lowest BCUT2D eigenvalue weighted by Crippen LogP contribution is -2.32. The van der Waals surface area contributed by atoms with Gasteiger partial charge >= 0.3 is 5.97 Å². The first-order valence-electron chi connectivity index (χ1n) is 5.88. The van der Waals surface area contributed by atoms with Crippen LogP contribution in [-0.4, -0.2) is 32.1 Å². The zero-order valence-electron chi connectivity index (χ0n) is 10.4. The molecule has 0 saturated heterocycles. The number of rotatable bonds is 3. The van der Waals surface area contributed by atoms with E-state index in [0.29, 0.717) is 11.4 Å². The van der Waals surface area contributed by atoms with Gasteiger partial charge in [-0.15, -0.1) is 0 Å². The van der Waals surface area contributed by atoms with Crippen LogP contribution in [0.25, 0.3) is 0 Å². The summed E-state index contributed by atoms with van der Waals surface area (Å²) in [5, 5.41) is 2.98. The molecule has 19 heavy (non-hydrogen) atoms. The Bertz CT molecular complexity index is 503. The highest BCUT2D eigenvalue weighted by Gasteiger charge is 2.27. The Morgan fingerprint density at radius 2 is 2.32 bits per heavy atom. The first-order chi connectivity index (χ1) is 9.10. The average molecular weight is 284 g/mol. The predicted octanol–water partition coefficient (Wildman–Crippen LogP) is 1.18. The lowest BCUT2D eigenvalue weighted by atomic mass is 9.97. The maximum absolute atomic E-state index is 11.8. The van der Waals surface area contributed by atoms with Crippen LogP contribution in [0.15, 0.2) is 18.2 Å². The molecule has 0 unspecified atom stereocenters. The molecule has 6 heteroatoms. The van der Waals surface area contributed by atoms with E-state index >= 15 is 0 Å². The summed E-state index contributed by atoms with van der Waals surface area (Å²) in [7, 11) is 1.48. The molecule has 1 aliphatic heterocycles. The molecule has 1 heterocycles. The van der Waals surface area contributed by atoms with Crippen LogP contribution in [0.3, 0.4) is 0 Å². The molecule has 0 aliphatic carbocycles. The van der Waals surface area contributed by atoms with Crippen molar-refractivity contribution >= 4 is 23.5 Å². The van der Waals surface area contributed by atoms with E-state index in [-0.39, 0.29) is 19.1 Å². The first kappa shape index (κ1) is 13.7. The summed E-state index contributed by atoms with van der Waals surface area (Å²) in [6, 6.07) is 5.30. The van der Waals surface area contributed by atoms with E-state index < -0.39 is 11.9 Å². The number of likely N-dealkylation sites (N-methyl/N-ethyl adjacent to an activating group) is 1. The van der Waals surface area contributed by atoms with Gasteiger partial charge in [-0.2, -0.15) is 0 Å². The van der Waals surface area contributed by atoms with Gasteiger partial charge in [0.1, 0.15) is 12.4 Å². The molecule has 0 bridgehead atoms. The van der Waals surface area contributed by atoms with Crippen LogP contribution in [0.2, 0.25) is 5.02 Å². The van der Waals surface area contributed by atoms with Crippen molar-refractivity contribution in [2.75, 3.05) is 20.3 Å². The average Bonchev–Trinajstić information content (AvgIpc) is 2.43. The van der Waals surface area contributed by atoms with E-state index in [0.717, 1.165) is 11.3 Å². The van der Waals surface area contributed by atoms with Gasteiger partial charge in [-0.25, -0.2) is 0 Å². The molecule has 0 fully saturated rings. The molecule has 2 rings (SSSR count). The number of amides is 1. The Kier molecular flexibility index (Phi) is 4.27. The van der Waals surface area contributed by atoms with Gasteiger partial charge in [0.2, 0.25) is 0 Å². The lowest BCUT2D eigenvalue weighted by molar-refractivity contribution is -0.153. The number of hydrogen-bond donors (Lipinski definition) is 1. The number of ether oxygens (including phenoxy) is 2. The van der Waals surface area contributed by atoms with Crippen LogP contribution < -0.4 is 10.1 Å². The third-order valence-corrected chi connectivity index (χ3v) is 3.12. The quantitative estimate of drug-likeness (QED) is 0.846. The molecular formula is C13H14ClNO4. The minimum atomic E-state index is -0.436. The summed E-state index contributed by atoms with van der Waals surface area (Å²) >= 11 is 5.90. The van der Waals surface area contributed by atoms with Crippen LogP contribution in [0.5, 0.6) is 5.75 Å². The second-order valence-electron chi connectivity index (χ2n) is 4.24. The van der Waals surface area contributed by atoms with Gasteiger partial charge in [0.25, 0.3) is 5.91 Å². The number of benzene rings is 1. The molecule has 1 atom stereocenters. The molecule has 102 valence electrons. The minimum Gasteiger partial charge on any atom is -0.492 e. The maximum atomic E-state index is 11.8. The van der Waals surface area contributed by atoms with Crippen LogP contribution in [0.1, 0.15) is 5.56 Å². The highest BCUT2D eigenvalue weighted by molar-refractivity contribution is 6.30. The molecule has 0 radical (unpaired) electrons. The van der Waals surface area contributed by atoms with E-state index in [9.17, 15) is 9.59 Å². The van der Waals surface area contributed by atoms with Gasteiger partial charge in [0.15, 0.2) is 6.61 Å². The molecule has 0 aromatic heterocycles. The largest absolute Gasteiger partial charge is 0.492 e. The van der Waals surface area contributed by atoms with E-state index in [1.54, 1.807) is 18.2 Å². The zero-order chi connectivity index (χ0) is 13.8. The molecule has 5 nitrogen and oxygen atoms in total. The highest BCUT2D eigenvalue weighted by Crippen LogP contribution is 2.30. The fraction of sp³-hybridized carbons (Fsp3) is 0.385. The predicted molar refractivity (Wildman–Crippen MR) is 69.2 cm³/mol. The fourth-order valence-electron chi connectivity index (χ4n) is 1.84. The van der Waals surface area contributed by atoms with E-state index in [1.807, 2.05) is 0 Å². The Morgan fingerprint density at radius 3 is 3.05 bits per heavy atom. The van der Waals surface area contributed by atoms with Crippen molar-refractivity contribution in [1.82, 2.24) is 5.32 Å². The lowest BCUT2D eigenvalue weighted by Gasteiger charge is -2.24. The van der Waals surface area contributed by atoms with E-state index in [1.165, 1.54) is 7.05 Å². The molecule has 1 aromatic carbocycles. The SMILES string of the molecule is CNC(=O)COC(=O)[C@H]1COc2ccc(Cl)cc2C1. The molecule has 1 N–H and O–H groups in total. The number of fused-ring (bicyclic) bond motifs is 1. The molecule has 0 saturated carbocycles. The van der Waals surface area contributed by atoms with Crippen LogP contribution in [-0.2, 0) is 20.7 Å². The van der Waals surface area contributed by atoms with Crippen molar-refractivity contribution in [3.63, 3.8) is 0 Å². The molecule has 0 spiro atoms. The molecule has 1 amide bonds. The summed E-state index contributed by atoms with van der Waals surface area (Å²) in [5.41, 5.74) is 0.876. The number of nitrogens with one attached hydrogen (secondary N) is 1. The summed E-state index contributed by atoms with van der Waals surface area (Å²) in [4.78, 5) is 22.8. The monoisotopic (exact) mass is 283 g/mol. The van der Waals surface area contributed by atoms with Crippen molar-refractivity contribution in [3.05, 3.63) is 28.8 Å². The number of hydrogen-bond acceptors (Lipinski definition) is 4. The zero-order valence-corrected chi connectivity index (χ0v) is 11.2. The molecule has 1 aliphatic rings. The maximum Gasteiger partial charge on any atom is 0.313 e. The third kappa shape index (κ3) is 3.38. The number of carbonyl (C=O) groups excluding carboxylic acids is 2. The van der Waals surface area contributed by atoms with Crippen LogP contribution in [0, 0.1) is 5.92 Å². The standard InChI is InChI=1S/C13H14ClNO4/c1-15-12(16)7-19-13(17)9-4-8-5-10(14)2-3-11(8)18-6-9/h2-3,5,9H,4,6-7H2,1H3,(H,15,16)/t9-/m1/s1. The summed E-state index contributed by atoms with van der Waals surface area (Å²) in [5.74, 6) is -0.446. The van der Waals surface area contributed by atoms with Gasteiger partial charge in [0, 0.05) is 12.1 Å². The van der Waals surface area contributed by atoms with Crippen molar-refractivity contribution in [2.24, 2.45) is 5.92 Å². The number of halogens is 1. The Balaban J connectivity index is 1.97. The van der Waals surface area contributed by atoms with Gasteiger partial charge < -0.3 is 14.8 Å². The van der Waals surface area contributed by atoms with Crippen LogP contribution >= 0.6 is 11.6 Å². The topological polar surface area (TPSA) is 64.6 Å². The van der Waals surface area contributed by atoms with Crippen molar-refractivity contribution in [3.8, 4) is 5.75 Å². The third-order valence-electron chi connectivity index (χ3n) is 2.89. The second-order valence-corrected chi connectivity index (χ2v) is 4.68. The van der Waals surface area contributed by atoms with Crippen molar-refractivity contribution in [2.45, 2.75) is 6.42 Å². The van der Waals surface area contributed by atoms with Gasteiger partial charge in [-0.1, -0.05) is 11.6 Å². The molecule has 1 aromatic rings. The highest BCUT2D eigenvalue weighted by atomic mass is 35.5. The van der Waals surface area contributed by atoms with Gasteiger partial charge in [-0.3, -0.25) is 9.59 Å². The normalized spacial score (nSPS) is 17.1. The summed E-state index contributed by atoms with van der Waals surface area (Å²) in [6.07, 6.45) is 0.502. The minimum absolute atomic E-state index is 0.251. The Morgan fingerprint density at radius 1 is 1.53 bits per heavy atom. The number of esters is 1. The smallest absolute Gasteiger partial charge is 0.313 e. The van der Waals surface area contributed by atoms with Crippen molar-refractivity contribution < 1.29 is 19.1 Å². The summed E-state index contributed by atoms with van der Waals surface area (Å²) in [6.45, 7) is -0.0184. The fourth-order valence-corrected chi connectivity index (χ4v) is 2.04. The summed E-state index contributed by atoms with van der Waals surface area (Å²) < 4.78 is 10.4. The number of carbonyl (C=O) groups is 2. The Hall–Kier alpha value is -1.75. The second kappa shape index (κ2) is 5.93. The van der Waals surface area contributed by atoms with Crippen molar-refractivity contribution in [1.29, 1.82) is 0 Å². The Labute approximate surface area is 115 Å². The van der Waals surface area contributed by atoms with E-state index in [4.69, 9.17) is 21.1 Å².